The summed E-state index contributed by atoms with van der Waals surface area (Å²) in [6, 6.07) is 22.1. The standard InChI is InChI=1S/C25H25F/c1-3-5-7-20-10-14-22(15-11-20)24-17-16-23(18-25(24)26)21-12-8-19(6-4-2)9-13-21/h3,8-18H,1,4-7H2,2H3. The zero-order valence-corrected chi connectivity index (χ0v) is 15.3. The van der Waals surface area contributed by atoms with Gasteiger partial charge in [0.25, 0.3) is 0 Å². The van der Waals surface area contributed by atoms with Gasteiger partial charge < -0.3 is 0 Å². The molecule has 0 aliphatic carbocycles. The van der Waals surface area contributed by atoms with Crippen molar-refractivity contribution < 1.29 is 4.39 Å². The van der Waals surface area contributed by atoms with E-state index in [2.05, 4.69) is 49.9 Å². The molecular formula is C25H25F. The summed E-state index contributed by atoms with van der Waals surface area (Å²) in [7, 11) is 0. The van der Waals surface area contributed by atoms with Crippen molar-refractivity contribution in [3.8, 4) is 22.3 Å². The monoisotopic (exact) mass is 344 g/mol. The molecule has 0 heterocycles. The number of halogens is 1. The topological polar surface area (TPSA) is 0 Å². The molecule has 1 heteroatoms. The first kappa shape index (κ1) is 18.1. The molecule has 0 fully saturated rings. The van der Waals surface area contributed by atoms with E-state index in [0.29, 0.717) is 5.56 Å². The second-order valence-corrected chi connectivity index (χ2v) is 6.67. The van der Waals surface area contributed by atoms with Crippen molar-refractivity contribution in [2.24, 2.45) is 0 Å². The van der Waals surface area contributed by atoms with E-state index in [-0.39, 0.29) is 5.82 Å². The molecule has 0 nitrogen and oxygen atoms in total. The Kier molecular flexibility index (Phi) is 6.01. The Hall–Kier alpha value is -2.67. The zero-order chi connectivity index (χ0) is 18.4. The molecule has 0 atom stereocenters. The van der Waals surface area contributed by atoms with Gasteiger partial charge in [0.15, 0.2) is 0 Å². The lowest BCUT2D eigenvalue weighted by atomic mass is 9.97. The van der Waals surface area contributed by atoms with E-state index >= 15 is 0 Å². The van der Waals surface area contributed by atoms with Crippen molar-refractivity contribution in [1.82, 2.24) is 0 Å². The molecule has 0 aromatic heterocycles. The maximum atomic E-state index is 14.7. The molecule has 3 aromatic rings. The van der Waals surface area contributed by atoms with Crippen LogP contribution < -0.4 is 0 Å². The molecule has 0 unspecified atom stereocenters. The molecule has 0 saturated heterocycles. The third-order valence-electron chi connectivity index (χ3n) is 4.70. The van der Waals surface area contributed by atoms with Gasteiger partial charge in [-0.2, -0.15) is 0 Å². The SMILES string of the molecule is C=CCCc1ccc(-c2ccc(-c3ccc(CCC)cc3)cc2F)cc1. The summed E-state index contributed by atoms with van der Waals surface area (Å²) in [5, 5.41) is 0. The number of hydrogen-bond donors (Lipinski definition) is 0. The highest BCUT2D eigenvalue weighted by Crippen LogP contribution is 2.28. The molecule has 0 amide bonds. The molecule has 0 aliphatic heterocycles. The van der Waals surface area contributed by atoms with Crippen molar-refractivity contribution in [1.29, 1.82) is 0 Å². The van der Waals surface area contributed by atoms with Crippen LogP contribution in [0.4, 0.5) is 4.39 Å². The predicted molar refractivity (Wildman–Crippen MR) is 110 cm³/mol. The first-order valence-corrected chi connectivity index (χ1v) is 9.30. The summed E-state index contributed by atoms with van der Waals surface area (Å²) >= 11 is 0. The molecule has 0 bridgehead atoms. The van der Waals surface area contributed by atoms with Crippen LogP contribution in [0.5, 0.6) is 0 Å². The van der Waals surface area contributed by atoms with Crippen LogP contribution >= 0.6 is 0 Å². The van der Waals surface area contributed by atoms with Gasteiger partial charge in [0.2, 0.25) is 0 Å². The van der Waals surface area contributed by atoms with Gasteiger partial charge in [-0.1, -0.05) is 80.1 Å². The molecular weight excluding hydrogens is 319 g/mol. The van der Waals surface area contributed by atoms with Crippen LogP contribution in [0.3, 0.4) is 0 Å². The maximum absolute atomic E-state index is 14.7. The van der Waals surface area contributed by atoms with Crippen molar-refractivity contribution >= 4 is 0 Å². The summed E-state index contributed by atoms with van der Waals surface area (Å²) in [5.74, 6) is -0.182. The zero-order valence-electron chi connectivity index (χ0n) is 15.3. The van der Waals surface area contributed by atoms with Gasteiger partial charge >= 0.3 is 0 Å². The summed E-state index contributed by atoms with van der Waals surface area (Å²) in [6.45, 7) is 5.92. The molecule has 0 saturated carbocycles. The van der Waals surface area contributed by atoms with Gasteiger partial charge in [0, 0.05) is 5.56 Å². The largest absolute Gasteiger partial charge is 0.206 e. The average Bonchev–Trinajstić information content (AvgIpc) is 2.68. The lowest BCUT2D eigenvalue weighted by molar-refractivity contribution is 0.632. The number of rotatable bonds is 7. The Morgan fingerprint density at radius 1 is 0.769 bits per heavy atom. The van der Waals surface area contributed by atoms with Crippen LogP contribution in [0.25, 0.3) is 22.3 Å². The Labute approximate surface area is 156 Å². The highest BCUT2D eigenvalue weighted by molar-refractivity contribution is 5.71. The Balaban J connectivity index is 1.81. The molecule has 3 aromatic carbocycles. The summed E-state index contributed by atoms with van der Waals surface area (Å²) in [4.78, 5) is 0. The lowest BCUT2D eigenvalue weighted by Crippen LogP contribution is -1.89. The highest BCUT2D eigenvalue weighted by Gasteiger charge is 2.08. The second-order valence-electron chi connectivity index (χ2n) is 6.67. The minimum Gasteiger partial charge on any atom is -0.206 e. The average molecular weight is 344 g/mol. The molecule has 0 radical (unpaired) electrons. The van der Waals surface area contributed by atoms with E-state index in [1.807, 2.05) is 30.3 Å². The number of allylic oxidation sites excluding steroid dienone is 1. The van der Waals surface area contributed by atoms with E-state index in [1.54, 1.807) is 6.07 Å². The van der Waals surface area contributed by atoms with Crippen LogP contribution in [0.15, 0.2) is 79.4 Å². The smallest absolute Gasteiger partial charge is 0.131 e. The van der Waals surface area contributed by atoms with Crippen LogP contribution in [0.1, 0.15) is 30.9 Å². The molecule has 132 valence electrons. The van der Waals surface area contributed by atoms with E-state index in [4.69, 9.17) is 0 Å². The van der Waals surface area contributed by atoms with Crippen molar-refractivity contribution in [2.75, 3.05) is 0 Å². The maximum Gasteiger partial charge on any atom is 0.131 e. The first-order chi connectivity index (χ1) is 12.7. The van der Waals surface area contributed by atoms with Crippen molar-refractivity contribution in [3.05, 3.63) is 96.3 Å². The second kappa shape index (κ2) is 8.62. The Morgan fingerprint density at radius 2 is 1.35 bits per heavy atom. The van der Waals surface area contributed by atoms with E-state index in [9.17, 15) is 4.39 Å². The quantitative estimate of drug-likeness (QED) is 0.397. The van der Waals surface area contributed by atoms with Gasteiger partial charge in [0.05, 0.1) is 0 Å². The van der Waals surface area contributed by atoms with E-state index < -0.39 is 0 Å². The molecule has 0 spiro atoms. The number of benzene rings is 3. The Bertz CT molecular complexity index is 858. The number of hydrogen-bond acceptors (Lipinski definition) is 0. The normalized spacial score (nSPS) is 10.7. The predicted octanol–water partition coefficient (Wildman–Crippen LogP) is 7.23. The third kappa shape index (κ3) is 4.29. The van der Waals surface area contributed by atoms with Gasteiger partial charge in [-0.15, -0.1) is 6.58 Å². The minimum atomic E-state index is -0.182. The minimum absolute atomic E-state index is 0.182. The third-order valence-corrected chi connectivity index (χ3v) is 4.70. The lowest BCUT2D eigenvalue weighted by Gasteiger charge is -2.09. The van der Waals surface area contributed by atoms with Crippen LogP contribution in [-0.2, 0) is 12.8 Å². The van der Waals surface area contributed by atoms with E-state index in [0.717, 1.165) is 42.4 Å². The first-order valence-electron chi connectivity index (χ1n) is 9.30. The molecule has 0 N–H and O–H groups in total. The van der Waals surface area contributed by atoms with Crippen molar-refractivity contribution in [3.63, 3.8) is 0 Å². The fourth-order valence-corrected chi connectivity index (χ4v) is 3.20. The van der Waals surface area contributed by atoms with Gasteiger partial charge in [-0.25, -0.2) is 4.39 Å². The fraction of sp³-hybridized carbons (Fsp3) is 0.200. The van der Waals surface area contributed by atoms with Gasteiger partial charge in [-0.05, 0) is 53.1 Å². The number of aryl methyl sites for hydroxylation is 2. The molecule has 3 rings (SSSR count). The highest BCUT2D eigenvalue weighted by atomic mass is 19.1. The van der Waals surface area contributed by atoms with Crippen LogP contribution in [0, 0.1) is 5.82 Å². The Morgan fingerprint density at radius 3 is 1.92 bits per heavy atom. The van der Waals surface area contributed by atoms with Crippen LogP contribution in [-0.4, -0.2) is 0 Å². The summed E-state index contributed by atoms with van der Waals surface area (Å²) < 4.78 is 14.7. The summed E-state index contributed by atoms with van der Waals surface area (Å²) in [5.41, 5.74) is 6.09. The molecule has 0 aliphatic rings. The van der Waals surface area contributed by atoms with Crippen LogP contribution in [0.2, 0.25) is 0 Å². The van der Waals surface area contributed by atoms with Gasteiger partial charge in [-0.3, -0.25) is 0 Å². The molecule has 26 heavy (non-hydrogen) atoms. The van der Waals surface area contributed by atoms with Crippen molar-refractivity contribution in [2.45, 2.75) is 32.6 Å². The van der Waals surface area contributed by atoms with E-state index in [1.165, 1.54) is 11.1 Å². The fourth-order valence-electron chi connectivity index (χ4n) is 3.20. The van der Waals surface area contributed by atoms with Gasteiger partial charge in [0.1, 0.15) is 5.82 Å². The summed E-state index contributed by atoms with van der Waals surface area (Å²) in [6.07, 6.45) is 6.06.